The van der Waals surface area contributed by atoms with Crippen LogP contribution in [0.25, 0.3) is 32.1 Å². The van der Waals surface area contributed by atoms with Crippen molar-refractivity contribution in [2.75, 3.05) is 20.3 Å². The van der Waals surface area contributed by atoms with E-state index >= 15 is 0 Å². The van der Waals surface area contributed by atoms with Crippen molar-refractivity contribution in [1.29, 1.82) is 0 Å². The quantitative estimate of drug-likeness (QED) is 0.425. The van der Waals surface area contributed by atoms with Gasteiger partial charge in [0.2, 0.25) is 0 Å². The first kappa shape index (κ1) is 18.9. The molecule has 4 aromatic rings. The Morgan fingerprint density at radius 1 is 1.14 bits per heavy atom. The summed E-state index contributed by atoms with van der Waals surface area (Å²) < 4.78 is 6.13. The van der Waals surface area contributed by atoms with Crippen LogP contribution in [0.4, 0.5) is 0 Å². The second-order valence-electron chi connectivity index (χ2n) is 6.43. The molecule has 2 aromatic carbocycles. The standard InChI is InChI=1S/C22H19ClN2O2S/c1-27-12-4-11-24-22(26)21-19(14-7-9-15(23)10-8-14)17-13-25-18-6-3-2-5-16(18)20(17)28-21/h2-3,5-10,13H,4,11-12H2,1H3,(H,24,26). The summed E-state index contributed by atoms with van der Waals surface area (Å²) in [6, 6.07) is 15.6. The molecule has 0 saturated heterocycles. The summed E-state index contributed by atoms with van der Waals surface area (Å²) in [6.07, 6.45) is 2.63. The van der Waals surface area contributed by atoms with Crippen molar-refractivity contribution in [3.8, 4) is 11.1 Å². The van der Waals surface area contributed by atoms with Gasteiger partial charge in [0.05, 0.1) is 5.52 Å². The topological polar surface area (TPSA) is 51.2 Å². The van der Waals surface area contributed by atoms with Gasteiger partial charge in [-0.3, -0.25) is 9.78 Å². The molecule has 142 valence electrons. The lowest BCUT2D eigenvalue weighted by molar-refractivity contribution is 0.0953. The van der Waals surface area contributed by atoms with Gasteiger partial charge in [-0.05, 0) is 30.2 Å². The van der Waals surface area contributed by atoms with Gasteiger partial charge in [0, 0.05) is 52.5 Å². The van der Waals surface area contributed by atoms with Crippen LogP contribution in [0.3, 0.4) is 0 Å². The third kappa shape index (κ3) is 3.61. The van der Waals surface area contributed by atoms with Crippen LogP contribution in [0.1, 0.15) is 16.1 Å². The number of amides is 1. The molecule has 4 nitrogen and oxygen atoms in total. The van der Waals surface area contributed by atoms with Crippen molar-refractivity contribution in [2.24, 2.45) is 0 Å². The maximum absolute atomic E-state index is 13.0. The summed E-state index contributed by atoms with van der Waals surface area (Å²) in [5.41, 5.74) is 2.78. The van der Waals surface area contributed by atoms with E-state index in [2.05, 4.69) is 10.3 Å². The normalized spacial score (nSPS) is 11.2. The number of carbonyl (C=O) groups excluding carboxylic acids is 1. The number of para-hydroxylation sites is 1. The van der Waals surface area contributed by atoms with Crippen molar-refractivity contribution < 1.29 is 9.53 Å². The van der Waals surface area contributed by atoms with Crippen LogP contribution in [-0.2, 0) is 4.74 Å². The van der Waals surface area contributed by atoms with E-state index in [-0.39, 0.29) is 5.91 Å². The molecule has 0 radical (unpaired) electrons. The van der Waals surface area contributed by atoms with Gasteiger partial charge in [-0.25, -0.2) is 0 Å². The fourth-order valence-corrected chi connectivity index (χ4v) is 4.61. The first-order chi connectivity index (χ1) is 13.7. The fourth-order valence-electron chi connectivity index (χ4n) is 3.24. The molecular weight excluding hydrogens is 392 g/mol. The van der Waals surface area contributed by atoms with Crippen LogP contribution < -0.4 is 5.32 Å². The molecule has 0 fully saturated rings. The molecule has 1 amide bonds. The molecule has 2 aromatic heterocycles. The number of aromatic nitrogens is 1. The van der Waals surface area contributed by atoms with E-state index in [1.165, 1.54) is 11.3 Å². The average Bonchev–Trinajstić information content (AvgIpc) is 3.12. The number of pyridine rings is 1. The highest BCUT2D eigenvalue weighted by Gasteiger charge is 2.21. The van der Waals surface area contributed by atoms with Crippen LogP contribution in [-0.4, -0.2) is 31.2 Å². The number of nitrogens with zero attached hydrogens (tertiary/aromatic N) is 1. The summed E-state index contributed by atoms with van der Waals surface area (Å²) in [7, 11) is 1.66. The Morgan fingerprint density at radius 2 is 1.93 bits per heavy atom. The van der Waals surface area contributed by atoms with E-state index in [9.17, 15) is 4.79 Å². The minimum absolute atomic E-state index is 0.0775. The molecule has 0 aliphatic carbocycles. The second-order valence-corrected chi connectivity index (χ2v) is 7.89. The van der Waals surface area contributed by atoms with Crippen LogP contribution in [0.2, 0.25) is 5.02 Å². The van der Waals surface area contributed by atoms with E-state index in [1.807, 2.05) is 54.7 Å². The second kappa shape index (κ2) is 8.27. The van der Waals surface area contributed by atoms with Crippen molar-refractivity contribution in [2.45, 2.75) is 6.42 Å². The Hall–Kier alpha value is -2.47. The van der Waals surface area contributed by atoms with E-state index in [1.54, 1.807) is 7.11 Å². The number of fused-ring (bicyclic) bond motifs is 3. The molecule has 0 bridgehead atoms. The lowest BCUT2D eigenvalue weighted by Crippen LogP contribution is -2.24. The number of benzene rings is 2. The van der Waals surface area contributed by atoms with Gasteiger partial charge < -0.3 is 10.1 Å². The maximum atomic E-state index is 13.0. The third-order valence-corrected chi connectivity index (χ3v) is 6.07. The number of thiophene rings is 1. The minimum atomic E-state index is -0.0775. The predicted octanol–water partition coefficient (Wildman–Crippen LogP) is 5.54. The highest BCUT2D eigenvalue weighted by molar-refractivity contribution is 7.22. The summed E-state index contributed by atoms with van der Waals surface area (Å²) >= 11 is 7.58. The van der Waals surface area contributed by atoms with E-state index < -0.39 is 0 Å². The third-order valence-electron chi connectivity index (χ3n) is 4.58. The number of rotatable bonds is 6. The Bertz CT molecular complexity index is 1140. The van der Waals surface area contributed by atoms with Gasteiger partial charge in [0.1, 0.15) is 4.88 Å². The Morgan fingerprint density at radius 3 is 2.71 bits per heavy atom. The minimum Gasteiger partial charge on any atom is -0.385 e. The first-order valence-electron chi connectivity index (χ1n) is 9.02. The molecule has 0 saturated carbocycles. The summed E-state index contributed by atoms with van der Waals surface area (Å²) in [4.78, 5) is 18.3. The van der Waals surface area contributed by atoms with Gasteiger partial charge in [-0.1, -0.05) is 41.9 Å². The average molecular weight is 411 g/mol. The van der Waals surface area contributed by atoms with E-state index in [4.69, 9.17) is 16.3 Å². The molecule has 4 rings (SSSR count). The molecule has 1 N–H and O–H groups in total. The molecule has 0 aliphatic rings. The lowest BCUT2D eigenvalue weighted by Gasteiger charge is -2.07. The Labute approximate surface area is 172 Å². The molecule has 0 unspecified atom stereocenters. The van der Waals surface area contributed by atoms with Gasteiger partial charge >= 0.3 is 0 Å². The van der Waals surface area contributed by atoms with Gasteiger partial charge in [0.15, 0.2) is 0 Å². The van der Waals surface area contributed by atoms with E-state index in [0.29, 0.717) is 23.1 Å². The maximum Gasteiger partial charge on any atom is 0.262 e. The zero-order chi connectivity index (χ0) is 19.5. The van der Waals surface area contributed by atoms with E-state index in [0.717, 1.165) is 38.5 Å². The SMILES string of the molecule is COCCCNC(=O)c1sc2c(cnc3ccccc32)c1-c1ccc(Cl)cc1. The number of methoxy groups -OCH3 is 1. The molecular formula is C22H19ClN2O2S. The largest absolute Gasteiger partial charge is 0.385 e. The molecule has 28 heavy (non-hydrogen) atoms. The van der Waals surface area contributed by atoms with Crippen LogP contribution in [0.5, 0.6) is 0 Å². The zero-order valence-electron chi connectivity index (χ0n) is 15.4. The van der Waals surface area contributed by atoms with Crippen molar-refractivity contribution >= 4 is 49.8 Å². The van der Waals surface area contributed by atoms with Crippen molar-refractivity contribution in [3.63, 3.8) is 0 Å². The molecule has 2 heterocycles. The van der Waals surface area contributed by atoms with Gasteiger partial charge in [-0.2, -0.15) is 0 Å². The zero-order valence-corrected chi connectivity index (χ0v) is 16.9. The van der Waals surface area contributed by atoms with Crippen LogP contribution in [0.15, 0.2) is 54.7 Å². The number of halogens is 1. The lowest BCUT2D eigenvalue weighted by atomic mass is 10.0. The summed E-state index contributed by atoms with van der Waals surface area (Å²) in [5, 5.41) is 5.71. The van der Waals surface area contributed by atoms with Crippen molar-refractivity contribution in [3.05, 3.63) is 64.6 Å². The fraction of sp³-hybridized carbons (Fsp3) is 0.182. The molecule has 0 atom stereocenters. The highest BCUT2D eigenvalue weighted by atomic mass is 35.5. The summed E-state index contributed by atoms with van der Waals surface area (Å²) in [6.45, 7) is 1.19. The molecule has 6 heteroatoms. The van der Waals surface area contributed by atoms with Gasteiger partial charge in [0.25, 0.3) is 5.91 Å². The number of hydrogen-bond donors (Lipinski definition) is 1. The first-order valence-corrected chi connectivity index (χ1v) is 10.2. The number of ether oxygens (including phenoxy) is 1. The predicted molar refractivity (Wildman–Crippen MR) is 116 cm³/mol. The Kier molecular flexibility index (Phi) is 5.57. The van der Waals surface area contributed by atoms with Crippen LogP contribution in [0, 0.1) is 0 Å². The van der Waals surface area contributed by atoms with Crippen LogP contribution >= 0.6 is 22.9 Å². The Balaban J connectivity index is 1.86. The molecule has 0 aliphatic heterocycles. The molecule has 0 spiro atoms. The number of carbonyl (C=O) groups is 1. The van der Waals surface area contributed by atoms with Crippen molar-refractivity contribution in [1.82, 2.24) is 10.3 Å². The monoisotopic (exact) mass is 410 g/mol. The van der Waals surface area contributed by atoms with Gasteiger partial charge in [-0.15, -0.1) is 11.3 Å². The summed E-state index contributed by atoms with van der Waals surface area (Å²) in [5.74, 6) is -0.0775. The number of hydrogen-bond acceptors (Lipinski definition) is 4. The smallest absolute Gasteiger partial charge is 0.262 e. The number of nitrogens with one attached hydrogen (secondary N) is 1. The highest BCUT2D eigenvalue weighted by Crippen LogP contribution is 2.41.